The average Bonchev–Trinajstić information content (AvgIpc) is 2.39. The Labute approximate surface area is 106 Å². The van der Waals surface area contributed by atoms with E-state index in [0.717, 1.165) is 37.4 Å². The minimum Gasteiger partial charge on any atom is -0.481 e. The Morgan fingerprint density at radius 2 is 2.39 bits per heavy atom. The molecule has 6 heteroatoms. The number of aromatic nitrogens is 2. The highest BCUT2D eigenvalue weighted by atomic mass is 16.4. The van der Waals surface area contributed by atoms with Gasteiger partial charge >= 0.3 is 5.97 Å². The molecule has 1 aliphatic heterocycles. The van der Waals surface area contributed by atoms with Crippen molar-refractivity contribution in [2.75, 3.05) is 23.8 Å². The van der Waals surface area contributed by atoms with Gasteiger partial charge in [0.25, 0.3) is 0 Å². The normalized spacial score (nSPS) is 19.6. The molecule has 0 aromatic carbocycles. The molecule has 1 aromatic rings. The van der Waals surface area contributed by atoms with Crippen molar-refractivity contribution in [2.24, 2.45) is 0 Å². The number of rotatable bonds is 4. The molecule has 2 N–H and O–H groups in total. The summed E-state index contributed by atoms with van der Waals surface area (Å²) in [6.07, 6.45) is 4.74. The number of nitrogens with one attached hydrogen (secondary N) is 1. The molecule has 2 rings (SSSR count). The molecule has 1 unspecified atom stereocenters. The first kappa shape index (κ1) is 12.6. The van der Waals surface area contributed by atoms with Crippen LogP contribution in [0.25, 0.3) is 0 Å². The monoisotopic (exact) mass is 250 g/mol. The van der Waals surface area contributed by atoms with Crippen LogP contribution in [0.4, 0.5) is 11.6 Å². The van der Waals surface area contributed by atoms with Gasteiger partial charge < -0.3 is 15.3 Å². The Balaban J connectivity index is 2.19. The first-order valence-electron chi connectivity index (χ1n) is 6.19. The van der Waals surface area contributed by atoms with Crippen molar-refractivity contribution < 1.29 is 9.90 Å². The van der Waals surface area contributed by atoms with E-state index in [1.807, 2.05) is 6.07 Å². The van der Waals surface area contributed by atoms with Gasteiger partial charge in [-0.2, -0.15) is 0 Å². The lowest BCUT2D eigenvalue weighted by Crippen LogP contribution is -2.41. The highest BCUT2D eigenvalue weighted by molar-refractivity contribution is 5.68. The van der Waals surface area contributed by atoms with Crippen LogP contribution in [0.2, 0.25) is 0 Å². The van der Waals surface area contributed by atoms with Crippen LogP contribution in [0.3, 0.4) is 0 Å². The number of carboxylic acids is 1. The fourth-order valence-electron chi connectivity index (χ4n) is 2.36. The van der Waals surface area contributed by atoms with Crippen molar-refractivity contribution >= 4 is 17.6 Å². The van der Waals surface area contributed by atoms with Crippen molar-refractivity contribution in [3.63, 3.8) is 0 Å². The van der Waals surface area contributed by atoms with E-state index in [4.69, 9.17) is 5.11 Å². The third-order valence-corrected chi connectivity index (χ3v) is 3.24. The number of carboxylic acid groups (broad SMARTS) is 1. The second-order valence-electron chi connectivity index (χ2n) is 4.45. The third-order valence-electron chi connectivity index (χ3n) is 3.24. The predicted octanol–water partition coefficient (Wildman–Crippen LogP) is 1.35. The predicted molar refractivity (Wildman–Crippen MR) is 68.8 cm³/mol. The molecule has 1 aliphatic rings. The molecule has 18 heavy (non-hydrogen) atoms. The van der Waals surface area contributed by atoms with Gasteiger partial charge in [-0.25, -0.2) is 9.97 Å². The number of hydrogen-bond donors (Lipinski definition) is 2. The van der Waals surface area contributed by atoms with Gasteiger partial charge in [-0.05, 0) is 19.3 Å². The van der Waals surface area contributed by atoms with Crippen LogP contribution in [0, 0.1) is 0 Å². The van der Waals surface area contributed by atoms with Gasteiger partial charge in [-0.3, -0.25) is 4.79 Å². The minimum absolute atomic E-state index is 0.0378. The molecule has 0 spiro atoms. The number of piperidine rings is 1. The lowest BCUT2D eigenvalue weighted by Gasteiger charge is -2.35. The molecule has 1 fully saturated rings. The second kappa shape index (κ2) is 5.66. The van der Waals surface area contributed by atoms with Crippen molar-refractivity contribution in [2.45, 2.75) is 31.7 Å². The highest BCUT2D eigenvalue weighted by Gasteiger charge is 2.25. The maximum Gasteiger partial charge on any atom is 0.305 e. The molecular formula is C12H18N4O2. The Bertz CT molecular complexity index is 424. The average molecular weight is 250 g/mol. The van der Waals surface area contributed by atoms with Crippen LogP contribution in [-0.4, -0.2) is 40.7 Å². The van der Waals surface area contributed by atoms with Gasteiger partial charge in [-0.15, -0.1) is 0 Å². The van der Waals surface area contributed by atoms with E-state index in [2.05, 4.69) is 20.2 Å². The molecule has 6 nitrogen and oxygen atoms in total. The summed E-state index contributed by atoms with van der Waals surface area (Å²) < 4.78 is 0. The molecule has 0 saturated carbocycles. The summed E-state index contributed by atoms with van der Waals surface area (Å²) in [5, 5.41) is 11.9. The van der Waals surface area contributed by atoms with Crippen LogP contribution >= 0.6 is 0 Å². The van der Waals surface area contributed by atoms with Gasteiger partial charge in [0.1, 0.15) is 18.0 Å². The maximum atomic E-state index is 10.9. The van der Waals surface area contributed by atoms with Crippen LogP contribution in [0.1, 0.15) is 25.7 Å². The summed E-state index contributed by atoms with van der Waals surface area (Å²) in [6.45, 7) is 0.859. The van der Waals surface area contributed by atoms with Crippen LogP contribution < -0.4 is 10.2 Å². The van der Waals surface area contributed by atoms with Gasteiger partial charge in [0.2, 0.25) is 0 Å². The summed E-state index contributed by atoms with van der Waals surface area (Å²) in [5.41, 5.74) is 0. The lowest BCUT2D eigenvalue weighted by molar-refractivity contribution is -0.137. The summed E-state index contributed by atoms with van der Waals surface area (Å²) in [4.78, 5) is 21.3. The molecule has 0 aliphatic carbocycles. The standard InChI is InChI=1S/C12H18N4O2/c1-13-10-7-11(15-8-14-10)16-5-3-2-4-9(16)6-12(17)18/h7-9H,2-6H2,1H3,(H,17,18)(H,13,14,15). The number of carbonyl (C=O) groups is 1. The summed E-state index contributed by atoms with van der Waals surface area (Å²) in [6, 6.07) is 1.90. The van der Waals surface area contributed by atoms with E-state index in [9.17, 15) is 4.79 Å². The van der Waals surface area contributed by atoms with Crippen LogP contribution in [0.5, 0.6) is 0 Å². The van der Waals surface area contributed by atoms with Crippen molar-refractivity contribution in [1.82, 2.24) is 9.97 Å². The highest BCUT2D eigenvalue weighted by Crippen LogP contribution is 2.25. The smallest absolute Gasteiger partial charge is 0.305 e. The largest absolute Gasteiger partial charge is 0.481 e. The zero-order valence-corrected chi connectivity index (χ0v) is 10.5. The number of anilines is 2. The molecule has 0 radical (unpaired) electrons. The van der Waals surface area contributed by atoms with Gasteiger partial charge in [0.15, 0.2) is 0 Å². The number of hydrogen-bond acceptors (Lipinski definition) is 5. The summed E-state index contributed by atoms with van der Waals surface area (Å²) >= 11 is 0. The van der Waals surface area contributed by atoms with Gasteiger partial charge in [-0.1, -0.05) is 0 Å². The van der Waals surface area contributed by atoms with Crippen molar-refractivity contribution in [1.29, 1.82) is 0 Å². The van der Waals surface area contributed by atoms with E-state index < -0.39 is 5.97 Å². The molecule has 1 atom stereocenters. The molecule has 2 heterocycles. The van der Waals surface area contributed by atoms with E-state index in [1.165, 1.54) is 6.33 Å². The van der Waals surface area contributed by atoms with Crippen molar-refractivity contribution in [3.05, 3.63) is 12.4 Å². The maximum absolute atomic E-state index is 10.9. The number of nitrogens with zero attached hydrogens (tertiary/aromatic N) is 3. The SMILES string of the molecule is CNc1cc(N2CCCCC2CC(=O)O)ncn1. The zero-order chi connectivity index (χ0) is 13.0. The van der Waals surface area contributed by atoms with E-state index >= 15 is 0 Å². The Morgan fingerprint density at radius 1 is 1.56 bits per heavy atom. The fourth-order valence-corrected chi connectivity index (χ4v) is 2.36. The van der Waals surface area contributed by atoms with E-state index in [1.54, 1.807) is 7.05 Å². The van der Waals surface area contributed by atoms with Gasteiger partial charge in [0, 0.05) is 25.7 Å². The summed E-state index contributed by atoms with van der Waals surface area (Å²) in [5.74, 6) is 0.801. The quantitative estimate of drug-likeness (QED) is 0.840. The van der Waals surface area contributed by atoms with Gasteiger partial charge in [0.05, 0.1) is 6.42 Å². The third kappa shape index (κ3) is 2.88. The van der Waals surface area contributed by atoms with Crippen LogP contribution in [0.15, 0.2) is 12.4 Å². The molecule has 1 aromatic heterocycles. The lowest BCUT2D eigenvalue weighted by atomic mass is 9.99. The Hall–Kier alpha value is -1.85. The first-order chi connectivity index (χ1) is 8.70. The minimum atomic E-state index is -0.755. The topological polar surface area (TPSA) is 78.4 Å². The molecule has 0 amide bonds. The van der Waals surface area contributed by atoms with E-state index in [0.29, 0.717) is 0 Å². The molecule has 0 bridgehead atoms. The Morgan fingerprint density at radius 3 is 3.11 bits per heavy atom. The van der Waals surface area contributed by atoms with Crippen LogP contribution in [-0.2, 0) is 4.79 Å². The Kier molecular flexibility index (Phi) is 3.96. The zero-order valence-electron chi connectivity index (χ0n) is 10.5. The summed E-state index contributed by atoms with van der Waals surface area (Å²) in [7, 11) is 1.80. The molecular weight excluding hydrogens is 232 g/mol. The molecule has 1 saturated heterocycles. The molecule has 98 valence electrons. The van der Waals surface area contributed by atoms with Crippen molar-refractivity contribution in [3.8, 4) is 0 Å². The number of aliphatic carboxylic acids is 1. The second-order valence-corrected chi connectivity index (χ2v) is 4.45. The van der Waals surface area contributed by atoms with E-state index in [-0.39, 0.29) is 12.5 Å². The fraction of sp³-hybridized carbons (Fsp3) is 0.583. The first-order valence-corrected chi connectivity index (χ1v) is 6.19.